The molecule has 1 N–H and O–H groups in total. The van der Waals surface area contributed by atoms with Crippen molar-refractivity contribution in [2.45, 2.75) is 0 Å². The van der Waals surface area contributed by atoms with Crippen molar-refractivity contribution >= 4 is 54.1 Å². The standard InChI is InChI=1S/C19H18N4OS2/c1-22(2)9-10-23(19-21-15-5-3-4-6-16(15)26-19)18(24)13-7-8-14-17(11-13)25-12-20-14/h3-8,11-12H,9-10H2,1-2H3/p+1. The molecule has 0 saturated heterocycles. The fraction of sp³-hybridized carbons (Fsp3) is 0.211. The second kappa shape index (κ2) is 7.11. The zero-order valence-electron chi connectivity index (χ0n) is 14.6. The summed E-state index contributed by atoms with van der Waals surface area (Å²) in [6, 6.07) is 13.7. The number of amides is 1. The van der Waals surface area contributed by atoms with E-state index in [-0.39, 0.29) is 5.91 Å². The Morgan fingerprint density at radius 3 is 2.77 bits per heavy atom. The summed E-state index contributed by atoms with van der Waals surface area (Å²) in [6.07, 6.45) is 0. The molecule has 0 fully saturated rings. The normalized spacial score (nSPS) is 11.5. The minimum atomic E-state index is -0.0133. The first kappa shape index (κ1) is 17.1. The minimum absolute atomic E-state index is 0.0133. The maximum atomic E-state index is 13.3. The van der Waals surface area contributed by atoms with Gasteiger partial charge < -0.3 is 4.90 Å². The summed E-state index contributed by atoms with van der Waals surface area (Å²) in [4.78, 5) is 25.4. The first-order chi connectivity index (χ1) is 12.6. The summed E-state index contributed by atoms with van der Waals surface area (Å²) in [5.41, 5.74) is 4.34. The first-order valence-corrected chi connectivity index (χ1v) is 10.1. The van der Waals surface area contributed by atoms with E-state index < -0.39 is 0 Å². The van der Waals surface area contributed by atoms with Crippen LogP contribution < -0.4 is 9.80 Å². The lowest BCUT2D eigenvalue weighted by molar-refractivity contribution is -0.856. The quantitative estimate of drug-likeness (QED) is 0.576. The van der Waals surface area contributed by atoms with E-state index in [0.29, 0.717) is 12.1 Å². The van der Waals surface area contributed by atoms with Gasteiger partial charge in [0.15, 0.2) is 5.13 Å². The van der Waals surface area contributed by atoms with Gasteiger partial charge in [0, 0.05) is 5.56 Å². The average Bonchev–Trinajstić information content (AvgIpc) is 3.27. The summed E-state index contributed by atoms with van der Waals surface area (Å²) >= 11 is 3.11. The molecule has 0 bridgehead atoms. The third kappa shape index (κ3) is 3.33. The number of fused-ring (bicyclic) bond motifs is 2. The van der Waals surface area contributed by atoms with Crippen LogP contribution in [0.1, 0.15) is 10.4 Å². The van der Waals surface area contributed by atoms with Crippen molar-refractivity contribution in [3.63, 3.8) is 0 Å². The van der Waals surface area contributed by atoms with Gasteiger partial charge in [0.1, 0.15) is 0 Å². The Labute approximate surface area is 159 Å². The van der Waals surface area contributed by atoms with Gasteiger partial charge in [0.2, 0.25) is 0 Å². The van der Waals surface area contributed by atoms with Crippen molar-refractivity contribution in [1.82, 2.24) is 9.97 Å². The van der Waals surface area contributed by atoms with Crippen LogP contribution in [-0.4, -0.2) is 43.1 Å². The van der Waals surface area contributed by atoms with Crippen LogP contribution in [0.2, 0.25) is 0 Å². The zero-order valence-corrected chi connectivity index (χ0v) is 16.2. The summed E-state index contributed by atoms with van der Waals surface area (Å²) in [5, 5.41) is 0.752. The van der Waals surface area contributed by atoms with Crippen LogP contribution in [0.4, 0.5) is 5.13 Å². The van der Waals surface area contributed by atoms with Crippen molar-refractivity contribution in [3.8, 4) is 0 Å². The van der Waals surface area contributed by atoms with Gasteiger partial charge in [-0.1, -0.05) is 23.5 Å². The third-order valence-electron chi connectivity index (χ3n) is 4.17. The molecule has 0 atom stereocenters. The molecule has 2 aromatic heterocycles. The molecule has 0 unspecified atom stereocenters. The molecule has 0 radical (unpaired) electrons. The van der Waals surface area contributed by atoms with E-state index in [2.05, 4.69) is 19.1 Å². The molecule has 0 aliphatic carbocycles. The van der Waals surface area contributed by atoms with E-state index in [4.69, 9.17) is 4.98 Å². The zero-order chi connectivity index (χ0) is 18.1. The number of benzene rings is 2. The number of anilines is 1. The number of para-hydroxylation sites is 1. The Balaban J connectivity index is 1.72. The molecule has 4 aromatic rings. The third-order valence-corrected chi connectivity index (χ3v) is 6.02. The van der Waals surface area contributed by atoms with Crippen molar-refractivity contribution < 1.29 is 9.69 Å². The van der Waals surface area contributed by atoms with Gasteiger partial charge in [-0.2, -0.15) is 0 Å². The van der Waals surface area contributed by atoms with Crippen molar-refractivity contribution in [3.05, 3.63) is 53.5 Å². The predicted molar refractivity (Wildman–Crippen MR) is 109 cm³/mol. The number of thiazole rings is 2. The predicted octanol–water partition coefficient (Wildman–Crippen LogP) is 2.70. The molecule has 2 heterocycles. The second-order valence-corrected chi connectivity index (χ2v) is 8.31. The number of nitrogens with one attached hydrogen (secondary N) is 1. The number of nitrogens with zero attached hydrogens (tertiary/aromatic N) is 3. The second-order valence-electron chi connectivity index (χ2n) is 6.41. The van der Waals surface area contributed by atoms with Gasteiger partial charge in [-0.3, -0.25) is 9.69 Å². The van der Waals surface area contributed by atoms with E-state index in [1.165, 1.54) is 4.90 Å². The Bertz CT molecular complexity index is 1040. The molecule has 2 aromatic carbocycles. The number of aromatic nitrogens is 2. The van der Waals surface area contributed by atoms with E-state index in [1.807, 2.05) is 42.5 Å². The first-order valence-electron chi connectivity index (χ1n) is 8.41. The number of quaternary nitrogens is 1. The average molecular weight is 384 g/mol. The molecular formula is C19H19N4OS2+. The fourth-order valence-electron chi connectivity index (χ4n) is 2.74. The molecule has 0 spiro atoms. The molecule has 4 rings (SSSR count). The molecule has 132 valence electrons. The summed E-state index contributed by atoms with van der Waals surface area (Å²) in [7, 11) is 4.18. The number of carbonyl (C=O) groups excluding carboxylic acids is 1. The molecule has 0 aliphatic rings. The van der Waals surface area contributed by atoms with Gasteiger partial charge in [-0.25, -0.2) is 9.97 Å². The summed E-state index contributed by atoms with van der Waals surface area (Å²) in [5.74, 6) is -0.0133. The molecule has 26 heavy (non-hydrogen) atoms. The van der Waals surface area contributed by atoms with Crippen molar-refractivity contribution in [2.24, 2.45) is 0 Å². The van der Waals surface area contributed by atoms with Crippen LogP contribution in [0.25, 0.3) is 20.4 Å². The highest BCUT2D eigenvalue weighted by Gasteiger charge is 2.22. The molecule has 5 nitrogen and oxygen atoms in total. The van der Waals surface area contributed by atoms with Gasteiger partial charge in [-0.15, -0.1) is 11.3 Å². The van der Waals surface area contributed by atoms with E-state index in [0.717, 1.165) is 32.1 Å². The lowest BCUT2D eigenvalue weighted by Crippen LogP contribution is -3.06. The van der Waals surface area contributed by atoms with Crippen LogP contribution in [-0.2, 0) is 0 Å². The van der Waals surface area contributed by atoms with Crippen LogP contribution >= 0.6 is 22.7 Å². The van der Waals surface area contributed by atoms with Crippen molar-refractivity contribution in [1.29, 1.82) is 0 Å². The van der Waals surface area contributed by atoms with Crippen LogP contribution in [0.3, 0.4) is 0 Å². The van der Waals surface area contributed by atoms with E-state index in [1.54, 1.807) is 33.1 Å². The van der Waals surface area contributed by atoms with Crippen LogP contribution in [0, 0.1) is 0 Å². The Hall–Kier alpha value is -2.35. The lowest BCUT2D eigenvalue weighted by Gasteiger charge is -2.20. The molecule has 0 saturated carbocycles. The maximum absolute atomic E-state index is 13.3. The smallest absolute Gasteiger partial charge is 0.260 e. The highest BCUT2D eigenvalue weighted by Crippen LogP contribution is 2.30. The summed E-state index contributed by atoms with van der Waals surface area (Å²) < 4.78 is 2.12. The Morgan fingerprint density at radius 1 is 1.12 bits per heavy atom. The minimum Gasteiger partial charge on any atom is -0.338 e. The Morgan fingerprint density at radius 2 is 1.96 bits per heavy atom. The van der Waals surface area contributed by atoms with E-state index in [9.17, 15) is 4.79 Å². The summed E-state index contributed by atoms with van der Waals surface area (Å²) in [6.45, 7) is 1.48. The van der Waals surface area contributed by atoms with Gasteiger partial charge >= 0.3 is 0 Å². The molecule has 7 heteroatoms. The molecule has 1 amide bonds. The molecular weight excluding hydrogens is 364 g/mol. The van der Waals surface area contributed by atoms with Gasteiger partial charge in [0.05, 0.1) is 53.1 Å². The Kier molecular flexibility index (Phi) is 4.67. The number of carbonyl (C=O) groups is 1. The molecule has 0 aliphatic heterocycles. The number of rotatable bonds is 5. The largest absolute Gasteiger partial charge is 0.338 e. The SMILES string of the molecule is C[NH+](C)CCN(C(=O)c1ccc2ncsc2c1)c1nc2ccccc2s1. The number of hydrogen-bond acceptors (Lipinski definition) is 5. The van der Waals surface area contributed by atoms with Crippen LogP contribution in [0.5, 0.6) is 0 Å². The van der Waals surface area contributed by atoms with E-state index >= 15 is 0 Å². The topological polar surface area (TPSA) is 50.5 Å². The van der Waals surface area contributed by atoms with Gasteiger partial charge in [0.25, 0.3) is 5.91 Å². The van der Waals surface area contributed by atoms with Crippen molar-refractivity contribution in [2.75, 3.05) is 32.1 Å². The highest BCUT2D eigenvalue weighted by atomic mass is 32.1. The maximum Gasteiger partial charge on any atom is 0.260 e. The lowest BCUT2D eigenvalue weighted by atomic mass is 10.2. The fourth-order valence-corrected chi connectivity index (χ4v) is 4.45. The van der Waals surface area contributed by atoms with Gasteiger partial charge in [-0.05, 0) is 30.3 Å². The number of likely N-dealkylation sites (N-methyl/N-ethyl adjacent to an activating group) is 1. The monoisotopic (exact) mass is 383 g/mol. The van der Waals surface area contributed by atoms with Crippen LogP contribution in [0.15, 0.2) is 48.0 Å². The highest BCUT2D eigenvalue weighted by molar-refractivity contribution is 7.22. The number of hydrogen-bond donors (Lipinski definition) is 1.